The lowest BCUT2D eigenvalue weighted by atomic mass is 9.89. The van der Waals surface area contributed by atoms with Crippen molar-refractivity contribution < 1.29 is 9.90 Å². The second-order valence-electron chi connectivity index (χ2n) is 6.13. The number of aliphatic hydroxyl groups is 1. The molecule has 1 saturated heterocycles. The maximum Gasteiger partial charge on any atom is 0.317 e. The van der Waals surface area contributed by atoms with Gasteiger partial charge in [0, 0.05) is 39.3 Å². The van der Waals surface area contributed by atoms with Crippen molar-refractivity contribution in [3.05, 3.63) is 0 Å². The molecule has 0 aromatic heterocycles. The summed E-state index contributed by atoms with van der Waals surface area (Å²) in [6.07, 6.45) is 7.07. The topological polar surface area (TPSA) is 55.8 Å². The Morgan fingerprint density at radius 2 is 2.00 bits per heavy atom. The number of carbonyl (C=O) groups is 1. The van der Waals surface area contributed by atoms with Gasteiger partial charge in [-0.05, 0) is 18.3 Å². The normalized spacial score (nSPS) is 16.8. The number of amides is 2. The first kappa shape index (κ1) is 16.8. The molecule has 1 heterocycles. The third-order valence-corrected chi connectivity index (χ3v) is 3.71. The van der Waals surface area contributed by atoms with E-state index in [0.29, 0.717) is 13.1 Å². The van der Waals surface area contributed by atoms with Gasteiger partial charge in [-0.2, -0.15) is 0 Å². The highest BCUT2D eigenvalue weighted by Gasteiger charge is 2.20. The van der Waals surface area contributed by atoms with Crippen LogP contribution in [0.5, 0.6) is 0 Å². The molecule has 20 heavy (non-hydrogen) atoms. The summed E-state index contributed by atoms with van der Waals surface area (Å²) < 4.78 is 0. The van der Waals surface area contributed by atoms with Crippen molar-refractivity contribution >= 4 is 6.03 Å². The van der Waals surface area contributed by atoms with E-state index < -0.39 is 0 Å². The molecule has 0 bridgehead atoms. The highest BCUT2D eigenvalue weighted by molar-refractivity contribution is 5.74. The molecule has 5 nitrogen and oxygen atoms in total. The SMILES string of the molecule is C#CCN1CCN(C(=O)NCCCC(C)(C)CO)CC1. The lowest BCUT2D eigenvalue weighted by Crippen LogP contribution is -2.51. The van der Waals surface area contributed by atoms with Crippen LogP contribution >= 0.6 is 0 Å². The fourth-order valence-corrected chi connectivity index (χ4v) is 2.19. The molecular weight excluding hydrogens is 254 g/mol. The molecular formula is C15H27N3O2. The minimum atomic E-state index is -0.0639. The van der Waals surface area contributed by atoms with Crippen molar-refractivity contribution in [2.24, 2.45) is 5.41 Å². The van der Waals surface area contributed by atoms with E-state index in [9.17, 15) is 4.79 Å². The molecule has 0 aromatic carbocycles. The van der Waals surface area contributed by atoms with Crippen LogP contribution in [0.2, 0.25) is 0 Å². The molecule has 114 valence electrons. The Morgan fingerprint density at radius 3 is 2.55 bits per heavy atom. The quantitative estimate of drug-likeness (QED) is 0.558. The third-order valence-electron chi connectivity index (χ3n) is 3.71. The number of aliphatic hydroxyl groups excluding tert-OH is 1. The van der Waals surface area contributed by atoms with E-state index >= 15 is 0 Å². The predicted molar refractivity (Wildman–Crippen MR) is 80.3 cm³/mol. The zero-order valence-electron chi connectivity index (χ0n) is 12.7. The molecule has 0 unspecified atom stereocenters. The maximum atomic E-state index is 12.0. The summed E-state index contributed by atoms with van der Waals surface area (Å²) in [5.41, 5.74) is -0.0639. The number of nitrogens with zero attached hydrogens (tertiary/aromatic N) is 2. The molecule has 1 aliphatic heterocycles. The number of hydrogen-bond donors (Lipinski definition) is 2. The van der Waals surface area contributed by atoms with Gasteiger partial charge < -0.3 is 15.3 Å². The third kappa shape index (κ3) is 5.81. The number of urea groups is 1. The van der Waals surface area contributed by atoms with Crippen LogP contribution in [0.4, 0.5) is 4.79 Å². The largest absolute Gasteiger partial charge is 0.396 e. The lowest BCUT2D eigenvalue weighted by Gasteiger charge is -2.33. The molecule has 5 heteroatoms. The van der Waals surface area contributed by atoms with E-state index in [0.717, 1.165) is 39.0 Å². The van der Waals surface area contributed by atoms with Gasteiger partial charge in [0.25, 0.3) is 0 Å². The Labute approximate surface area is 122 Å². The van der Waals surface area contributed by atoms with Crippen LogP contribution in [-0.2, 0) is 0 Å². The summed E-state index contributed by atoms with van der Waals surface area (Å²) in [5.74, 6) is 2.63. The molecule has 0 atom stereocenters. The summed E-state index contributed by atoms with van der Waals surface area (Å²) in [6, 6.07) is 0.00663. The van der Waals surface area contributed by atoms with E-state index in [1.54, 1.807) is 0 Å². The van der Waals surface area contributed by atoms with Gasteiger partial charge in [0.1, 0.15) is 0 Å². The smallest absolute Gasteiger partial charge is 0.317 e. The average Bonchev–Trinajstić information content (AvgIpc) is 2.44. The van der Waals surface area contributed by atoms with E-state index in [-0.39, 0.29) is 18.1 Å². The lowest BCUT2D eigenvalue weighted by molar-refractivity contribution is 0.142. The van der Waals surface area contributed by atoms with Crippen LogP contribution in [-0.4, -0.2) is 66.8 Å². The van der Waals surface area contributed by atoms with Crippen molar-refractivity contribution in [1.29, 1.82) is 0 Å². The van der Waals surface area contributed by atoms with Crippen molar-refractivity contribution in [3.63, 3.8) is 0 Å². The minimum Gasteiger partial charge on any atom is -0.396 e. The van der Waals surface area contributed by atoms with Crippen LogP contribution in [0.1, 0.15) is 26.7 Å². The molecule has 2 N–H and O–H groups in total. The first-order valence-corrected chi connectivity index (χ1v) is 7.28. The van der Waals surface area contributed by atoms with Crippen LogP contribution in [0.3, 0.4) is 0 Å². The number of terminal acetylenes is 1. The Balaban J connectivity index is 2.17. The summed E-state index contributed by atoms with van der Waals surface area (Å²) in [4.78, 5) is 16.0. The zero-order chi connectivity index (χ0) is 15.0. The van der Waals surface area contributed by atoms with E-state index in [1.807, 2.05) is 18.7 Å². The highest BCUT2D eigenvalue weighted by Crippen LogP contribution is 2.20. The van der Waals surface area contributed by atoms with E-state index in [2.05, 4.69) is 16.1 Å². The Bertz CT molecular complexity index is 342. The molecule has 0 aromatic rings. The molecule has 0 radical (unpaired) electrons. The van der Waals surface area contributed by atoms with Crippen LogP contribution in [0, 0.1) is 17.8 Å². The fourth-order valence-electron chi connectivity index (χ4n) is 2.19. The second-order valence-corrected chi connectivity index (χ2v) is 6.13. The first-order valence-electron chi connectivity index (χ1n) is 7.28. The Morgan fingerprint density at radius 1 is 1.35 bits per heavy atom. The van der Waals surface area contributed by atoms with Gasteiger partial charge in [-0.25, -0.2) is 4.79 Å². The molecule has 0 spiro atoms. The maximum absolute atomic E-state index is 12.0. The van der Waals surface area contributed by atoms with Gasteiger partial charge in [0.05, 0.1) is 6.54 Å². The van der Waals surface area contributed by atoms with Crippen molar-refractivity contribution in [3.8, 4) is 12.3 Å². The van der Waals surface area contributed by atoms with Gasteiger partial charge in [0.15, 0.2) is 0 Å². The van der Waals surface area contributed by atoms with Gasteiger partial charge in [-0.15, -0.1) is 6.42 Å². The fraction of sp³-hybridized carbons (Fsp3) is 0.800. The van der Waals surface area contributed by atoms with Gasteiger partial charge in [0.2, 0.25) is 0 Å². The van der Waals surface area contributed by atoms with Crippen molar-refractivity contribution in [1.82, 2.24) is 15.1 Å². The summed E-state index contributed by atoms with van der Waals surface area (Å²) in [6.45, 7) is 8.70. The average molecular weight is 281 g/mol. The monoisotopic (exact) mass is 281 g/mol. The van der Waals surface area contributed by atoms with Crippen LogP contribution in [0.15, 0.2) is 0 Å². The van der Waals surface area contributed by atoms with Gasteiger partial charge >= 0.3 is 6.03 Å². The van der Waals surface area contributed by atoms with Crippen LogP contribution in [0.25, 0.3) is 0 Å². The second kappa shape index (κ2) is 8.13. The number of hydrogen-bond acceptors (Lipinski definition) is 3. The Kier molecular flexibility index (Phi) is 6.83. The summed E-state index contributed by atoms with van der Waals surface area (Å²) in [5, 5.41) is 12.1. The van der Waals surface area contributed by atoms with Crippen molar-refractivity contribution in [2.45, 2.75) is 26.7 Å². The number of piperazine rings is 1. The zero-order valence-corrected chi connectivity index (χ0v) is 12.7. The Hall–Kier alpha value is -1.25. The highest BCUT2D eigenvalue weighted by atomic mass is 16.3. The molecule has 1 fully saturated rings. The van der Waals surface area contributed by atoms with Gasteiger partial charge in [-0.3, -0.25) is 4.90 Å². The van der Waals surface area contributed by atoms with Crippen molar-refractivity contribution in [2.75, 3.05) is 45.9 Å². The number of nitrogens with one attached hydrogen (secondary N) is 1. The predicted octanol–water partition coefficient (Wildman–Crippen LogP) is 0.745. The van der Waals surface area contributed by atoms with E-state index in [4.69, 9.17) is 11.5 Å². The number of rotatable bonds is 6. The molecule has 0 aliphatic carbocycles. The molecule has 2 amide bonds. The van der Waals surface area contributed by atoms with Gasteiger partial charge in [-0.1, -0.05) is 19.8 Å². The summed E-state index contributed by atoms with van der Waals surface area (Å²) in [7, 11) is 0. The molecule has 1 aliphatic rings. The van der Waals surface area contributed by atoms with Crippen LogP contribution < -0.4 is 5.32 Å². The summed E-state index contributed by atoms with van der Waals surface area (Å²) >= 11 is 0. The molecule has 0 saturated carbocycles. The van der Waals surface area contributed by atoms with E-state index in [1.165, 1.54) is 0 Å². The minimum absolute atomic E-state index is 0.00663. The number of carbonyl (C=O) groups excluding carboxylic acids is 1. The standard InChI is InChI=1S/C15H27N3O2/c1-4-8-17-9-11-18(12-10-17)14(20)16-7-5-6-15(2,3)13-19/h1,19H,5-13H2,2-3H3,(H,16,20). The molecule has 1 rings (SSSR count). The first-order chi connectivity index (χ1) is 9.48.